The lowest BCUT2D eigenvalue weighted by Crippen LogP contribution is -2.41. The average Bonchev–Trinajstić information content (AvgIpc) is 2.74. The Kier molecular flexibility index (Phi) is 6.99. The Morgan fingerprint density at radius 3 is 2.16 bits per heavy atom. The minimum Gasteiger partial charge on any atom is -0.348 e. The summed E-state index contributed by atoms with van der Waals surface area (Å²) in [6.45, 7) is 7.09. The molecule has 0 fully saturated rings. The van der Waals surface area contributed by atoms with Crippen molar-refractivity contribution >= 4 is 21.6 Å². The molecule has 32 heavy (non-hydrogen) atoms. The third-order valence-electron chi connectivity index (χ3n) is 5.42. The first kappa shape index (κ1) is 23.5. The minimum atomic E-state index is -3.98. The number of hydrogen-bond acceptors (Lipinski definition) is 3. The number of amides is 1. The normalized spacial score (nSPS) is 12.3. The molecule has 168 valence electrons. The fraction of sp³-hybridized carbons (Fsp3) is 0.240. The summed E-state index contributed by atoms with van der Waals surface area (Å²) in [5.74, 6) is -0.826. The van der Waals surface area contributed by atoms with Gasteiger partial charge >= 0.3 is 0 Å². The Morgan fingerprint density at radius 1 is 0.938 bits per heavy atom. The van der Waals surface area contributed by atoms with Crippen LogP contribution in [0.4, 0.5) is 10.1 Å². The van der Waals surface area contributed by atoms with Crippen molar-refractivity contribution in [2.45, 2.75) is 38.6 Å². The monoisotopic (exact) mass is 454 g/mol. The van der Waals surface area contributed by atoms with E-state index in [1.165, 1.54) is 24.3 Å². The highest BCUT2D eigenvalue weighted by molar-refractivity contribution is 7.92. The molecular formula is C25H27FN2O3S. The molecule has 1 atom stereocenters. The summed E-state index contributed by atoms with van der Waals surface area (Å²) in [4.78, 5) is 13.0. The highest BCUT2D eigenvalue weighted by atomic mass is 32.2. The van der Waals surface area contributed by atoms with Gasteiger partial charge in [-0.3, -0.25) is 9.10 Å². The van der Waals surface area contributed by atoms with E-state index in [2.05, 4.69) is 5.32 Å². The van der Waals surface area contributed by atoms with Gasteiger partial charge < -0.3 is 5.32 Å². The maximum absolute atomic E-state index is 13.5. The lowest BCUT2D eigenvalue weighted by molar-refractivity contribution is -0.120. The summed E-state index contributed by atoms with van der Waals surface area (Å²) in [5.41, 5.74) is 4.02. The zero-order chi connectivity index (χ0) is 23.5. The van der Waals surface area contributed by atoms with Crippen molar-refractivity contribution in [3.63, 3.8) is 0 Å². The van der Waals surface area contributed by atoms with Crippen LogP contribution >= 0.6 is 0 Å². The number of benzene rings is 3. The van der Waals surface area contributed by atoms with Crippen LogP contribution in [-0.4, -0.2) is 20.9 Å². The molecule has 7 heteroatoms. The summed E-state index contributed by atoms with van der Waals surface area (Å²) >= 11 is 0. The standard InChI is InChI=1S/C25H27FN2O3S/c1-17-5-13-24(14-6-17)32(30,31)28(23-12-7-18(2)19(3)15-23)16-25(29)27-20(4)21-8-10-22(26)11-9-21/h5-15,20H,16H2,1-4H3,(H,27,29). The molecule has 1 unspecified atom stereocenters. The van der Waals surface area contributed by atoms with Gasteiger partial charge in [-0.2, -0.15) is 0 Å². The lowest BCUT2D eigenvalue weighted by atomic mass is 10.1. The summed E-state index contributed by atoms with van der Waals surface area (Å²) in [6.07, 6.45) is 0. The Labute approximate surface area is 188 Å². The molecule has 3 rings (SSSR count). The van der Waals surface area contributed by atoms with Gasteiger partial charge in [0.1, 0.15) is 12.4 Å². The summed E-state index contributed by atoms with van der Waals surface area (Å²) in [6, 6.07) is 17.2. The fourth-order valence-corrected chi connectivity index (χ4v) is 4.70. The van der Waals surface area contributed by atoms with Crippen molar-refractivity contribution in [2.24, 2.45) is 0 Å². The Morgan fingerprint density at radius 2 is 1.56 bits per heavy atom. The molecule has 0 radical (unpaired) electrons. The molecule has 0 aromatic heterocycles. The minimum absolute atomic E-state index is 0.112. The van der Waals surface area contributed by atoms with E-state index in [1.54, 1.807) is 43.3 Å². The van der Waals surface area contributed by atoms with Crippen molar-refractivity contribution in [1.29, 1.82) is 0 Å². The SMILES string of the molecule is Cc1ccc(S(=O)(=O)N(CC(=O)NC(C)c2ccc(F)cc2)c2ccc(C)c(C)c2)cc1. The smallest absolute Gasteiger partial charge is 0.264 e. The van der Waals surface area contributed by atoms with Gasteiger partial charge in [0.25, 0.3) is 10.0 Å². The number of carbonyl (C=O) groups excluding carboxylic acids is 1. The van der Waals surface area contributed by atoms with Gasteiger partial charge in [-0.1, -0.05) is 35.9 Å². The summed E-state index contributed by atoms with van der Waals surface area (Å²) in [5, 5.41) is 2.81. The van der Waals surface area contributed by atoms with Crippen molar-refractivity contribution in [3.8, 4) is 0 Å². The fourth-order valence-electron chi connectivity index (χ4n) is 3.29. The molecular weight excluding hydrogens is 427 g/mol. The van der Waals surface area contributed by atoms with Crippen LogP contribution in [0.1, 0.15) is 35.2 Å². The molecule has 0 aliphatic rings. The van der Waals surface area contributed by atoms with Crippen molar-refractivity contribution in [3.05, 3.63) is 94.8 Å². The molecule has 0 aliphatic heterocycles. The molecule has 3 aromatic rings. The average molecular weight is 455 g/mol. The van der Waals surface area contributed by atoms with Crippen LogP contribution < -0.4 is 9.62 Å². The number of anilines is 1. The maximum atomic E-state index is 13.5. The van der Waals surface area contributed by atoms with Crippen molar-refractivity contribution in [1.82, 2.24) is 5.32 Å². The number of rotatable bonds is 7. The van der Waals surface area contributed by atoms with E-state index in [-0.39, 0.29) is 17.3 Å². The molecule has 5 nitrogen and oxygen atoms in total. The molecule has 3 aromatic carbocycles. The van der Waals surface area contributed by atoms with Crippen LogP contribution in [0.2, 0.25) is 0 Å². The number of hydrogen-bond donors (Lipinski definition) is 1. The molecule has 0 saturated heterocycles. The van der Waals surface area contributed by atoms with Gasteiger partial charge in [-0.15, -0.1) is 0 Å². The number of carbonyl (C=O) groups is 1. The van der Waals surface area contributed by atoms with Gasteiger partial charge in [0.2, 0.25) is 5.91 Å². The number of aryl methyl sites for hydroxylation is 3. The molecule has 1 N–H and O–H groups in total. The van der Waals surface area contributed by atoms with E-state index in [9.17, 15) is 17.6 Å². The zero-order valence-electron chi connectivity index (χ0n) is 18.6. The highest BCUT2D eigenvalue weighted by Gasteiger charge is 2.28. The van der Waals surface area contributed by atoms with Crippen molar-refractivity contribution in [2.75, 3.05) is 10.8 Å². The second kappa shape index (κ2) is 9.53. The number of nitrogens with one attached hydrogen (secondary N) is 1. The predicted octanol–water partition coefficient (Wildman–Crippen LogP) is 4.82. The van der Waals surface area contributed by atoms with Crippen LogP contribution in [-0.2, 0) is 14.8 Å². The van der Waals surface area contributed by atoms with E-state index in [0.29, 0.717) is 5.69 Å². The topological polar surface area (TPSA) is 66.5 Å². The van der Waals surface area contributed by atoms with Crippen LogP contribution in [0.15, 0.2) is 71.6 Å². The van der Waals surface area contributed by atoms with Gasteiger partial charge in [-0.25, -0.2) is 12.8 Å². The molecule has 1 amide bonds. The van der Waals surface area contributed by atoms with E-state index in [4.69, 9.17) is 0 Å². The van der Waals surface area contributed by atoms with Gasteiger partial charge in [0, 0.05) is 0 Å². The van der Waals surface area contributed by atoms with Crippen LogP contribution in [0.5, 0.6) is 0 Å². The molecule has 0 heterocycles. The third-order valence-corrected chi connectivity index (χ3v) is 7.21. The lowest BCUT2D eigenvalue weighted by Gasteiger charge is -2.26. The first-order valence-electron chi connectivity index (χ1n) is 10.3. The maximum Gasteiger partial charge on any atom is 0.264 e. The quantitative estimate of drug-likeness (QED) is 0.556. The third kappa shape index (κ3) is 5.34. The Balaban J connectivity index is 1.91. The number of halogens is 1. The summed E-state index contributed by atoms with van der Waals surface area (Å²) in [7, 11) is -3.98. The largest absolute Gasteiger partial charge is 0.348 e. The predicted molar refractivity (Wildman–Crippen MR) is 125 cm³/mol. The molecule has 0 saturated carbocycles. The van der Waals surface area contributed by atoms with E-state index < -0.39 is 22.0 Å². The van der Waals surface area contributed by atoms with Crippen LogP contribution in [0, 0.1) is 26.6 Å². The van der Waals surface area contributed by atoms with Crippen LogP contribution in [0.3, 0.4) is 0 Å². The first-order valence-corrected chi connectivity index (χ1v) is 11.7. The van der Waals surface area contributed by atoms with E-state index in [0.717, 1.165) is 26.6 Å². The first-order chi connectivity index (χ1) is 15.1. The van der Waals surface area contributed by atoms with Crippen LogP contribution in [0.25, 0.3) is 0 Å². The summed E-state index contributed by atoms with van der Waals surface area (Å²) < 4.78 is 41.3. The second-order valence-corrected chi connectivity index (χ2v) is 9.80. The second-order valence-electron chi connectivity index (χ2n) is 7.93. The van der Waals surface area contributed by atoms with Gasteiger partial charge in [-0.05, 0) is 80.8 Å². The zero-order valence-corrected chi connectivity index (χ0v) is 19.4. The molecule has 0 bridgehead atoms. The van der Waals surface area contributed by atoms with E-state index >= 15 is 0 Å². The van der Waals surface area contributed by atoms with Gasteiger partial charge in [0.05, 0.1) is 16.6 Å². The van der Waals surface area contributed by atoms with E-state index in [1.807, 2.05) is 26.8 Å². The van der Waals surface area contributed by atoms with Gasteiger partial charge in [0.15, 0.2) is 0 Å². The number of nitrogens with zero attached hydrogens (tertiary/aromatic N) is 1. The molecule has 0 aliphatic carbocycles. The molecule has 0 spiro atoms. The number of sulfonamides is 1. The highest BCUT2D eigenvalue weighted by Crippen LogP contribution is 2.26. The Bertz CT molecular complexity index is 1210. The Hall–Kier alpha value is -3.19. The van der Waals surface area contributed by atoms with Crippen molar-refractivity contribution < 1.29 is 17.6 Å².